The molecule has 0 spiro atoms. The molecule has 1 heterocycles. The fourth-order valence-corrected chi connectivity index (χ4v) is 2.89. The standard InChI is InChI=1S/C20H20N4O4/c1-13-7-8-16(9-14(13)2)21-19(25)12-22-15(3)11-23(20(22)26)17-5-4-6-18(10-17)24(27)28/h4-11H,12H2,1-3H3,(H,21,25). The minimum atomic E-state index is -0.518. The largest absolute Gasteiger partial charge is 0.333 e. The fourth-order valence-electron chi connectivity index (χ4n) is 2.89. The van der Waals surface area contributed by atoms with Crippen LogP contribution in [0.15, 0.2) is 53.5 Å². The number of nitrogens with one attached hydrogen (secondary N) is 1. The zero-order chi connectivity index (χ0) is 20.4. The number of aryl methyl sites for hydroxylation is 3. The first-order valence-electron chi connectivity index (χ1n) is 8.67. The maximum atomic E-state index is 12.7. The van der Waals surface area contributed by atoms with Gasteiger partial charge in [0.15, 0.2) is 0 Å². The first kappa shape index (κ1) is 19.1. The fraction of sp³-hybridized carbons (Fsp3) is 0.200. The average molecular weight is 380 g/mol. The number of aromatic nitrogens is 2. The van der Waals surface area contributed by atoms with Gasteiger partial charge in [0, 0.05) is 29.7 Å². The second-order valence-corrected chi connectivity index (χ2v) is 6.63. The minimum absolute atomic E-state index is 0.109. The van der Waals surface area contributed by atoms with E-state index in [9.17, 15) is 19.7 Å². The Kier molecular flexibility index (Phi) is 5.12. The van der Waals surface area contributed by atoms with E-state index in [4.69, 9.17) is 0 Å². The molecule has 3 rings (SSSR count). The highest BCUT2D eigenvalue weighted by Crippen LogP contribution is 2.17. The van der Waals surface area contributed by atoms with Crippen molar-refractivity contribution in [2.75, 3.05) is 5.32 Å². The number of hydrogen-bond donors (Lipinski definition) is 1. The lowest BCUT2D eigenvalue weighted by Crippen LogP contribution is -2.29. The number of benzene rings is 2. The van der Waals surface area contributed by atoms with Crippen molar-refractivity contribution in [1.29, 1.82) is 0 Å². The number of non-ortho nitro benzene ring substituents is 1. The van der Waals surface area contributed by atoms with Crippen LogP contribution >= 0.6 is 0 Å². The van der Waals surface area contributed by atoms with Crippen molar-refractivity contribution < 1.29 is 9.72 Å². The number of carbonyl (C=O) groups is 1. The molecule has 8 heteroatoms. The maximum Gasteiger partial charge on any atom is 0.333 e. The predicted octanol–water partition coefficient (Wildman–Crippen LogP) is 3.11. The van der Waals surface area contributed by atoms with Crippen LogP contribution in [0.2, 0.25) is 0 Å². The zero-order valence-electron chi connectivity index (χ0n) is 15.8. The SMILES string of the molecule is Cc1ccc(NC(=O)Cn2c(C)cn(-c3cccc([N+](=O)[O-])c3)c2=O)cc1C. The molecular formula is C20H20N4O4. The van der Waals surface area contributed by atoms with E-state index in [1.165, 1.54) is 27.3 Å². The van der Waals surface area contributed by atoms with Crippen molar-refractivity contribution in [3.63, 3.8) is 0 Å². The molecule has 1 aromatic heterocycles. The molecule has 144 valence electrons. The Morgan fingerprint density at radius 2 is 1.86 bits per heavy atom. The number of hydrogen-bond acceptors (Lipinski definition) is 4. The van der Waals surface area contributed by atoms with Crippen LogP contribution in [0.3, 0.4) is 0 Å². The molecule has 8 nitrogen and oxygen atoms in total. The highest BCUT2D eigenvalue weighted by atomic mass is 16.6. The summed E-state index contributed by atoms with van der Waals surface area (Å²) in [6.07, 6.45) is 1.56. The van der Waals surface area contributed by atoms with Crippen molar-refractivity contribution in [2.45, 2.75) is 27.3 Å². The molecule has 0 aliphatic heterocycles. The Hall–Kier alpha value is -3.68. The summed E-state index contributed by atoms with van der Waals surface area (Å²) in [5.41, 5.74) is 3.25. The normalized spacial score (nSPS) is 10.7. The zero-order valence-corrected chi connectivity index (χ0v) is 15.8. The number of carbonyl (C=O) groups excluding carboxylic acids is 1. The van der Waals surface area contributed by atoms with Gasteiger partial charge in [0.1, 0.15) is 6.54 Å². The lowest BCUT2D eigenvalue weighted by molar-refractivity contribution is -0.384. The van der Waals surface area contributed by atoms with Gasteiger partial charge < -0.3 is 5.32 Å². The van der Waals surface area contributed by atoms with Gasteiger partial charge in [-0.2, -0.15) is 0 Å². The molecule has 0 radical (unpaired) electrons. The van der Waals surface area contributed by atoms with E-state index in [1.54, 1.807) is 19.2 Å². The summed E-state index contributed by atoms with van der Waals surface area (Å²) in [6, 6.07) is 11.4. The van der Waals surface area contributed by atoms with E-state index in [1.807, 2.05) is 32.0 Å². The monoisotopic (exact) mass is 380 g/mol. The molecule has 2 aromatic carbocycles. The van der Waals surface area contributed by atoms with Crippen molar-refractivity contribution in [3.8, 4) is 5.69 Å². The van der Waals surface area contributed by atoms with Crippen molar-refractivity contribution in [2.24, 2.45) is 0 Å². The van der Waals surface area contributed by atoms with Gasteiger partial charge in [0.05, 0.1) is 10.6 Å². The maximum absolute atomic E-state index is 12.7. The third-order valence-corrected chi connectivity index (χ3v) is 4.59. The highest BCUT2D eigenvalue weighted by Gasteiger charge is 2.15. The topological polar surface area (TPSA) is 99.2 Å². The molecule has 0 fully saturated rings. The molecule has 0 unspecified atom stereocenters. The molecule has 0 bridgehead atoms. The molecule has 0 aliphatic carbocycles. The lowest BCUT2D eigenvalue weighted by atomic mass is 10.1. The van der Waals surface area contributed by atoms with E-state index in [0.29, 0.717) is 17.1 Å². The summed E-state index contributed by atoms with van der Waals surface area (Å²) in [4.78, 5) is 35.6. The third-order valence-electron chi connectivity index (χ3n) is 4.59. The number of amides is 1. The van der Waals surface area contributed by atoms with Crippen LogP contribution in [0.5, 0.6) is 0 Å². The van der Waals surface area contributed by atoms with Crippen molar-refractivity contribution in [3.05, 3.63) is 86.1 Å². The third kappa shape index (κ3) is 3.85. The average Bonchev–Trinajstić information content (AvgIpc) is 2.93. The predicted molar refractivity (Wildman–Crippen MR) is 106 cm³/mol. The van der Waals surface area contributed by atoms with E-state index in [-0.39, 0.29) is 18.1 Å². The van der Waals surface area contributed by atoms with Gasteiger partial charge in [0.25, 0.3) is 5.69 Å². The van der Waals surface area contributed by atoms with Gasteiger partial charge in [-0.3, -0.25) is 24.0 Å². The van der Waals surface area contributed by atoms with Gasteiger partial charge >= 0.3 is 5.69 Å². The summed E-state index contributed by atoms with van der Waals surface area (Å²) in [6.45, 7) is 5.50. The van der Waals surface area contributed by atoms with Gasteiger partial charge in [-0.1, -0.05) is 12.1 Å². The van der Waals surface area contributed by atoms with E-state index >= 15 is 0 Å². The molecule has 0 saturated carbocycles. The summed E-state index contributed by atoms with van der Waals surface area (Å²) in [5.74, 6) is -0.328. The number of nitrogens with zero attached hydrogens (tertiary/aromatic N) is 3. The summed E-state index contributed by atoms with van der Waals surface area (Å²) in [7, 11) is 0. The Morgan fingerprint density at radius 1 is 1.11 bits per heavy atom. The lowest BCUT2D eigenvalue weighted by Gasteiger charge is -2.08. The number of rotatable bonds is 5. The van der Waals surface area contributed by atoms with Crippen LogP contribution in [-0.4, -0.2) is 20.0 Å². The highest BCUT2D eigenvalue weighted by molar-refractivity contribution is 5.90. The number of nitro benzene ring substituents is 1. The first-order valence-corrected chi connectivity index (χ1v) is 8.67. The first-order chi connectivity index (χ1) is 13.3. The summed E-state index contributed by atoms with van der Waals surface area (Å²) in [5, 5.41) is 13.8. The van der Waals surface area contributed by atoms with Gasteiger partial charge in [-0.05, 0) is 50.1 Å². The quantitative estimate of drug-likeness (QED) is 0.543. The van der Waals surface area contributed by atoms with Gasteiger partial charge in [0.2, 0.25) is 5.91 Å². The molecule has 3 aromatic rings. The molecule has 28 heavy (non-hydrogen) atoms. The Balaban J connectivity index is 1.85. The molecule has 1 amide bonds. The Morgan fingerprint density at radius 3 is 2.54 bits per heavy atom. The minimum Gasteiger partial charge on any atom is -0.325 e. The van der Waals surface area contributed by atoms with Crippen LogP contribution in [0.4, 0.5) is 11.4 Å². The van der Waals surface area contributed by atoms with Crippen LogP contribution < -0.4 is 11.0 Å². The summed E-state index contributed by atoms with van der Waals surface area (Å²) >= 11 is 0. The van der Waals surface area contributed by atoms with Crippen LogP contribution in [0, 0.1) is 30.9 Å². The number of anilines is 1. The van der Waals surface area contributed by atoms with Crippen molar-refractivity contribution in [1.82, 2.24) is 9.13 Å². The van der Waals surface area contributed by atoms with E-state index in [2.05, 4.69) is 5.32 Å². The second kappa shape index (κ2) is 7.51. The van der Waals surface area contributed by atoms with Gasteiger partial charge in [-0.25, -0.2) is 4.79 Å². The Bertz CT molecular complexity index is 1130. The molecule has 0 saturated heterocycles. The van der Waals surface area contributed by atoms with Crippen LogP contribution in [0.1, 0.15) is 16.8 Å². The van der Waals surface area contributed by atoms with Crippen LogP contribution in [0.25, 0.3) is 5.69 Å². The molecule has 0 atom stereocenters. The number of imidazole rings is 1. The Labute approximate surface area is 161 Å². The molecular weight excluding hydrogens is 360 g/mol. The number of nitro groups is 1. The van der Waals surface area contributed by atoms with E-state index in [0.717, 1.165) is 11.1 Å². The van der Waals surface area contributed by atoms with Crippen molar-refractivity contribution >= 4 is 17.3 Å². The van der Waals surface area contributed by atoms with Crippen LogP contribution in [-0.2, 0) is 11.3 Å². The van der Waals surface area contributed by atoms with Gasteiger partial charge in [-0.15, -0.1) is 0 Å². The smallest absolute Gasteiger partial charge is 0.325 e. The second-order valence-electron chi connectivity index (χ2n) is 6.63. The molecule has 1 N–H and O–H groups in total. The molecule has 0 aliphatic rings. The summed E-state index contributed by atoms with van der Waals surface area (Å²) < 4.78 is 2.63. The van der Waals surface area contributed by atoms with E-state index < -0.39 is 10.6 Å².